The summed E-state index contributed by atoms with van der Waals surface area (Å²) < 4.78 is 11.4. The number of benzene rings is 2. The lowest BCUT2D eigenvalue weighted by molar-refractivity contribution is -0.129. The zero-order valence-electron chi connectivity index (χ0n) is 16.8. The third-order valence-electron chi connectivity index (χ3n) is 4.49. The third-order valence-corrected chi connectivity index (χ3v) is 4.49. The van der Waals surface area contributed by atoms with Gasteiger partial charge in [-0.3, -0.25) is 9.59 Å². The van der Waals surface area contributed by atoms with Crippen molar-refractivity contribution < 1.29 is 19.1 Å². The molecule has 1 N–H and O–H groups in total. The van der Waals surface area contributed by atoms with E-state index in [-0.39, 0.29) is 17.8 Å². The largest absolute Gasteiger partial charge is 0.448 e. The van der Waals surface area contributed by atoms with Crippen molar-refractivity contribution in [1.29, 1.82) is 0 Å². The van der Waals surface area contributed by atoms with Gasteiger partial charge >= 0.3 is 5.97 Å². The van der Waals surface area contributed by atoms with E-state index >= 15 is 0 Å². The van der Waals surface area contributed by atoms with Gasteiger partial charge in [0.25, 0.3) is 11.5 Å². The Hall–Kier alpha value is -3.52. The van der Waals surface area contributed by atoms with Crippen molar-refractivity contribution in [2.75, 3.05) is 20.3 Å². The van der Waals surface area contributed by atoms with E-state index in [9.17, 15) is 14.4 Å². The number of amides is 1. The first kappa shape index (κ1) is 21.2. The number of esters is 1. The van der Waals surface area contributed by atoms with Crippen LogP contribution >= 0.6 is 0 Å². The lowest BCUT2D eigenvalue weighted by Gasteiger charge is -2.15. The number of ether oxygens (including phenoxy) is 2. The van der Waals surface area contributed by atoms with Gasteiger partial charge in [-0.15, -0.1) is 0 Å². The first-order chi connectivity index (χ1) is 14.5. The molecule has 0 aliphatic rings. The van der Waals surface area contributed by atoms with Crippen LogP contribution in [0.5, 0.6) is 0 Å². The van der Waals surface area contributed by atoms with Crippen LogP contribution in [0, 0.1) is 0 Å². The lowest BCUT2D eigenvalue weighted by Crippen LogP contribution is -2.38. The number of nitrogens with zero attached hydrogens (tertiary/aromatic N) is 2. The number of hydrogen-bond acceptors (Lipinski definition) is 6. The van der Waals surface area contributed by atoms with E-state index in [1.165, 1.54) is 18.7 Å². The highest BCUT2D eigenvalue weighted by molar-refractivity contribution is 6.02. The molecule has 0 fully saturated rings. The highest BCUT2D eigenvalue weighted by Crippen LogP contribution is 2.15. The van der Waals surface area contributed by atoms with Crippen LogP contribution in [0.1, 0.15) is 23.0 Å². The molecule has 1 heterocycles. The minimum atomic E-state index is -1.02. The van der Waals surface area contributed by atoms with Crippen LogP contribution < -0.4 is 10.9 Å². The monoisotopic (exact) mass is 409 g/mol. The molecule has 8 heteroatoms. The third kappa shape index (κ3) is 4.90. The number of aromatic nitrogens is 2. The second kappa shape index (κ2) is 9.80. The minimum absolute atomic E-state index is 0.0160. The first-order valence-electron chi connectivity index (χ1n) is 9.52. The van der Waals surface area contributed by atoms with Gasteiger partial charge in [-0.1, -0.05) is 48.5 Å². The van der Waals surface area contributed by atoms with Crippen molar-refractivity contribution in [2.24, 2.45) is 0 Å². The average molecular weight is 409 g/mol. The SMILES string of the molecule is COCCNC(=O)[C@H](C)OC(=O)c1nn(Cc2ccccc2)c(=O)c2ccccc12. The van der Waals surface area contributed by atoms with Gasteiger partial charge < -0.3 is 14.8 Å². The molecule has 0 radical (unpaired) electrons. The Bertz CT molecular complexity index is 1090. The van der Waals surface area contributed by atoms with Crippen LogP contribution in [0.3, 0.4) is 0 Å². The Morgan fingerprint density at radius 3 is 2.43 bits per heavy atom. The molecule has 156 valence electrons. The van der Waals surface area contributed by atoms with E-state index in [0.29, 0.717) is 23.9 Å². The summed E-state index contributed by atoms with van der Waals surface area (Å²) in [5.41, 5.74) is 0.543. The Labute approximate surface area is 173 Å². The summed E-state index contributed by atoms with van der Waals surface area (Å²) in [6, 6.07) is 16.0. The van der Waals surface area contributed by atoms with Crippen molar-refractivity contribution in [2.45, 2.75) is 19.6 Å². The fourth-order valence-electron chi connectivity index (χ4n) is 2.94. The predicted molar refractivity (Wildman–Crippen MR) is 111 cm³/mol. The van der Waals surface area contributed by atoms with Gasteiger partial charge in [-0.25, -0.2) is 9.48 Å². The van der Waals surface area contributed by atoms with E-state index in [1.54, 1.807) is 24.3 Å². The van der Waals surface area contributed by atoms with Crippen molar-refractivity contribution in [1.82, 2.24) is 15.1 Å². The predicted octanol–water partition coefficient (Wildman–Crippen LogP) is 1.75. The molecule has 0 saturated heterocycles. The van der Waals surface area contributed by atoms with Crippen LogP contribution in [-0.4, -0.2) is 48.0 Å². The smallest absolute Gasteiger partial charge is 0.360 e. The number of nitrogens with one attached hydrogen (secondary N) is 1. The van der Waals surface area contributed by atoms with Gasteiger partial charge in [0.15, 0.2) is 11.8 Å². The fourth-order valence-corrected chi connectivity index (χ4v) is 2.94. The number of fused-ring (bicyclic) bond motifs is 1. The number of carbonyl (C=O) groups excluding carboxylic acids is 2. The molecule has 2 aromatic carbocycles. The number of hydrogen-bond donors (Lipinski definition) is 1. The first-order valence-corrected chi connectivity index (χ1v) is 9.52. The fraction of sp³-hybridized carbons (Fsp3) is 0.273. The maximum atomic E-state index is 12.9. The molecule has 0 spiro atoms. The molecule has 3 rings (SSSR count). The maximum Gasteiger partial charge on any atom is 0.360 e. The molecule has 0 saturated carbocycles. The van der Waals surface area contributed by atoms with Gasteiger partial charge in [-0.05, 0) is 18.6 Å². The number of carbonyl (C=O) groups is 2. The molecule has 1 atom stereocenters. The van der Waals surface area contributed by atoms with Crippen molar-refractivity contribution in [3.63, 3.8) is 0 Å². The van der Waals surface area contributed by atoms with Crippen LogP contribution in [0.15, 0.2) is 59.4 Å². The molecule has 30 heavy (non-hydrogen) atoms. The average Bonchev–Trinajstić information content (AvgIpc) is 2.76. The van der Waals surface area contributed by atoms with Crippen LogP contribution in [0.25, 0.3) is 10.8 Å². The summed E-state index contributed by atoms with van der Waals surface area (Å²) in [5, 5.41) is 7.61. The Morgan fingerprint density at radius 2 is 1.73 bits per heavy atom. The van der Waals surface area contributed by atoms with E-state index in [1.807, 2.05) is 30.3 Å². The van der Waals surface area contributed by atoms with Gasteiger partial charge in [0.1, 0.15) is 0 Å². The second-order valence-corrected chi connectivity index (χ2v) is 6.67. The topological polar surface area (TPSA) is 99.5 Å². The van der Waals surface area contributed by atoms with E-state index in [2.05, 4.69) is 10.4 Å². The summed E-state index contributed by atoms with van der Waals surface area (Å²) in [5.74, 6) is -1.22. The van der Waals surface area contributed by atoms with Crippen LogP contribution in [0.4, 0.5) is 0 Å². The van der Waals surface area contributed by atoms with Gasteiger partial charge in [0.05, 0.1) is 18.5 Å². The normalized spacial score (nSPS) is 11.8. The molecule has 8 nitrogen and oxygen atoms in total. The molecule has 0 bridgehead atoms. The van der Waals surface area contributed by atoms with Crippen molar-refractivity contribution >= 4 is 22.6 Å². The number of methoxy groups -OCH3 is 1. The quantitative estimate of drug-likeness (QED) is 0.450. The van der Waals surface area contributed by atoms with E-state index in [0.717, 1.165) is 5.56 Å². The molecule has 3 aromatic rings. The summed E-state index contributed by atoms with van der Waals surface area (Å²) >= 11 is 0. The standard InChI is InChI=1S/C22H23N3O5/c1-15(20(26)23-12-13-29-2)30-22(28)19-17-10-6-7-11-18(17)21(27)25(24-19)14-16-8-4-3-5-9-16/h3-11,15H,12-14H2,1-2H3,(H,23,26)/t15-/m0/s1. The molecule has 0 aliphatic heterocycles. The van der Waals surface area contributed by atoms with Crippen LogP contribution in [-0.2, 0) is 20.8 Å². The zero-order valence-corrected chi connectivity index (χ0v) is 16.8. The molecule has 0 aliphatic carbocycles. The van der Waals surface area contributed by atoms with Crippen LogP contribution in [0.2, 0.25) is 0 Å². The molecule has 1 aromatic heterocycles. The molecular weight excluding hydrogens is 386 g/mol. The molecule has 1 amide bonds. The summed E-state index contributed by atoms with van der Waals surface area (Å²) in [6.45, 7) is 2.34. The van der Waals surface area contributed by atoms with Crippen molar-refractivity contribution in [3.05, 3.63) is 76.2 Å². The Morgan fingerprint density at radius 1 is 1.07 bits per heavy atom. The summed E-state index contributed by atoms with van der Waals surface area (Å²) in [4.78, 5) is 37.8. The lowest BCUT2D eigenvalue weighted by atomic mass is 10.1. The maximum absolute atomic E-state index is 12.9. The van der Waals surface area contributed by atoms with E-state index in [4.69, 9.17) is 9.47 Å². The van der Waals surface area contributed by atoms with E-state index < -0.39 is 18.0 Å². The van der Waals surface area contributed by atoms with Gasteiger partial charge in [0, 0.05) is 19.0 Å². The Balaban J connectivity index is 1.90. The molecular formula is C22H23N3O5. The zero-order chi connectivity index (χ0) is 21.5. The number of rotatable bonds is 8. The minimum Gasteiger partial charge on any atom is -0.448 e. The Kier molecular flexibility index (Phi) is 6.92. The molecule has 0 unspecified atom stereocenters. The van der Waals surface area contributed by atoms with Crippen molar-refractivity contribution in [3.8, 4) is 0 Å². The second-order valence-electron chi connectivity index (χ2n) is 6.67. The summed E-state index contributed by atoms with van der Waals surface area (Å²) in [6.07, 6.45) is -1.02. The highest BCUT2D eigenvalue weighted by atomic mass is 16.5. The highest BCUT2D eigenvalue weighted by Gasteiger charge is 2.23. The van der Waals surface area contributed by atoms with Gasteiger partial charge in [0.2, 0.25) is 0 Å². The summed E-state index contributed by atoms with van der Waals surface area (Å²) in [7, 11) is 1.52. The van der Waals surface area contributed by atoms with Gasteiger partial charge in [-0.2, -0.15) is 5.10 Å².